The van der Waals surface area contributed by atoms with Crippen LogP contribution in [0.1, 0.15) is 22.8 Å². The van der Waals surface area contributed by atoms with Gasteiger partial charge in [-0.05, 0) is 38.1 Å². The number of thiazole rings is 1. The number of amides is 1. The topological polar surface area (TPSA) is 34.4 Å². The fourth-order valence-corrected chi connectivity index (χ4v) is 4.31. The predicted octanol–water partition coefficient (Wildman–Crippen LogP) is 5.08. The lowest BCUT2D eigenvalue weighted by atomic mass is 10.1. The Labute approximate surface area is 147 Å². The van der Waals surface area contributed by atoms with Crippen molar-refractivity contribution in [3.05, 3.63) is 62.4 Å². The summed E-state index contributed by atoms with van der Waals surface area (Å²) in [5.74, 6) is -0.260. The molecule has 0 aliphatic carbocycles. The normalized spacial score (nSPS) is 12.1. The molecular weight excluding hydrogens is 351 g/mol. The van der Waals surface area contributed by atoms with Gasteiger partial charge in [-0.3, -0.25) is 4.79 Å². The first-order valence-corrected chi connectivity index (χ1v) is 8.71. The van der Waals surface area contributed by atoms with Gasteiger partial charge in [0.25, 0.3) is 5.91 Å². The van der Waals surface area contributed by atoms with Crippen LogP contribution in [0.4, 0.5) is 0 Å². The Kier molecular flexibility index (Phi) is 4.57. The van der Waals surface area contributed by atoms with Gasteiger partial charge in [-0.25, -0.2) is 0 Å². The average Bonchev–Trinajstić information content (AvgIpc) is 2.84. The molecule has 1 aromatic heterocycles. The fraction of sp³-hybridized carbons (Fsp3) is 0.176. The summed E-state index contributed by atoms with van der Waals surface area (Å²) in [6, 6.07) is 11.0. The lowest BCUT2D eigenvalue weighted by molar-refractivity contribution is 0.0998. The highest BCUT2D eigenvalue weighted by molar-refractivity contribution is 7.16. The van der Waals surface area contributed by atoms with Gasteiger partial charge >= 0.3 is 0 Å². The zero-order valence-electron chi connectivity index (χ0n) is 12.6. The van der Waals surface area contributed by atoms with Gasteiger partial charge < -0.3 is 4.57 Å². The number of benzene rings is 2. The highest BCUT2D eigenvalue weighted by atomic mass is 35.5. The quantitative estimate of drug-likeness (QED) is 0.624. The Bertz CT molecular complexity index is 972. The van der Waals surface area contributed by atoms with Gasteiger partial charge in [-0.15, -0.1) is 0 Å². The third kappa shape index (κ3) is 3.20. The van der Waals surface area contributed by atoms with E-state index >= 15 is 0 Å². The van der Waals surface area contributed by atoms with Gasteiger partial charge in [0.05, 0.1) is 15.2 Å². The van der Waals surface area contributed by atoms with Crippen molar-refractivity contribution in [1.82, 2.24) is 4.57 Å². The third-order valence-corrected chi connectivity index (χ3v) is 5.01. The molecule has 1 amide bonds. The van der Waals surface area contributed by atoms with Crippen molar-refractivity contribution in [2.24, 2.45) is 4.99 Å². The smallest absolute Gasteiger partial charge is 0.279 e. The molecule has 3 aromatic rings. The number of carbonyl (C=O) groups excluding carboxylic acids is 1. The Morgan fingerprint density at radius 3 is 2.74 bits per heavy atom. The number of nitrogens with zero attached hydrogens (tertiary/aromatic N) is 2. The second-order valence-corrected chi connectivity index (χ2v) is 7.00. The van der Waals surface area contributed by atoms with Crippen LogP contribution in [-0.4, -0.2) is 10.5 Å². The lowest BCUT2D eigenvalue weighted by Crippen LogP contribution is -2.16. The summed E-state index contributed by atoms with van der Waals surface area (Å²) in [4.78, 5) is 17.3. The molecular formula is C17H14Cl2N2OS. The minimum Gasteiger partial charge on any atom is -0.315 e. The number of aromatic nitrogens is 1. The Morgan fingerprint density at radius 1 is 1.26 bits per heavy atom. The molecule has 0 radical (unpaired) electrons. The maximum absolute atomic E-state index is 12.4. The minimum absolute atomic E-state index is 0.260. The van der Waals surface area contributed by atoms with Crippen LogP contribution in [-0.2, 0) is 6.54 Å². The van der Waals surface area contributed by atoms with Gasteiger partial charge in [0.2, 0.25) is 0 Å². The van der Waals surface area contributed by atoms with E-state index < -0.39 is 0 Å². The van der Waals surface area contributed by atoms with E-state index in [2.05, 4.69) is 4.99 Å². The zero-order valence-corrected chi connectivity index (χ0v) is 15.0. The van der Waals surface area contributed by atoms with Gasteiger partial charge in [0.15, 0.2) is 4.80 Å². The number of halogens is 2. The van der Waals surface area contributed by atoms with Crippen molar-refractivity contribution >= 4 is 50.7 Å². The number of hydrogen-bond donors (Lipinski definition) is 0. The molecule has 0 bridgehead atoms. The largest absolute Gasteiger partial charge is 0.315 e. The van der Waals surface area contributed by atoms with Crippen LogP contribution >= 0.6 is 34.5 Å². The molecule has 6 heteroatoms. The van der Waals surface area contributed by atoms with E-state index in [9.17, 15) is 4.79 Å². The van der Waals surface area contributed by atoms with E-state index in [0.29, 0.717) is 27.0 Å². The monoisotopic (exact) mass is 364 g/mol. The molecule has 0 unspecified atom stereocenters. The highest BCUT2D eigenvalue weighted by Gasteiger charge is 2.12. The van der Waals surface area contributed by atoms with Crippen molar-refractivity contribution in [1.29, 1.82) is 0 Å². The van der Waals surface area contributed by atoms with E-state index in [0.717, 1.165) is 15.8 Å². The number of hydrogen-bond acceptors (Lipinski definition) is 2. The zero-order chi connectivity index (χ0) is 16.6. The summed E-state index contributed by atoms with van der Waals surface area (Å²) in [5, 5.41) is 1.14. The van der Waals surface area contributed by atoms with Gasteiger partial charge in [-0.1, -0.05) is 52.2 Å². The van der Waals surface area contributed by atoms with Crippen molar-refractivity contribution < 1.29 is 4.79 Å². The summed E-state index contributed by atoms with van der Waals surface area (Å²) in [7, 11) is 0. The highest BCUT2D eigenvalue weighted by Crippen LogP contribution is 2.29. The number of rotatable bonds is 2. The van der Waals surface area contributed by atoms with E-state index in [1.54, 1.807) is 12.1 Å². The third-order valence-electron chi connectivity index (χ3n) is 3.47. The van der Waals surface area contributed by atoms with Crippen molar-refractivity contribution in [2.45, 2.75) is 20.4 Å². The summed E-state index contributed by atoms with van der Waals surface area (Å²) < 4.78 is 2.85. The molecule has 0 atom stereocenters. The van der Waals surface area contributed by atoms with E-state index in [1.165, 1.54) is 11.3 Å². The van der Waals surface area contributed by atoms with Crippen LogP contribution in [0.5, 0.6) is 0 Å². The summed E-state index contributed by atoms with van der Waals surface area (Å²) >= 11 is 13.8. The maximum atomic E-state index is 12.4. The number of fused-ring (bicyclic) bond motifs is 1. The van der Waals surface area contributed by atoms with Crippen LogP contribution in [0.25, 0.3) is 10.2 Å². The Hall–Kier alpha value is -1.62. The molecule has 0 spiro atoms. The first-order valence-electron chi connectivity index (χ1n) is 7.13. The summed E-state index contributed by atoms with van der Waals surface area (Å²) in [5.41, 5.74) is 2.47. The van der Waals surface area contributed by atoms with Crippen LogP contribution < -0.4 is 4.80 Å². The van der Waals surface area contributed by atoms with Crippen molar-refractivity contribution in [2.75, 3.05) is 0 Å². The van der Waals surface area contributed by atoms with Gasteiger partial charge in [0, 0.05) is 17.1 Å². The summed E-state index contributed by atoms with van der Waals surface area (Å²) in [6.45, 7) is 4.61. The number of aryl methyl sites for hydroxylation is 2. The van der Waals surface area contributed by atoms with Crippen molar-refractivity contribution in [3.8, 4) is 0 Å². The van der Waals surface area contributed by atoms with E-state index in [1.807, 2.05) is 42.7 Å². The van der Waals surface area contributed by atoms with E-state index in [4.69, 9.17) is 23.2 Å². The van der Waals surface area contributed by atoms with Crippen LogP contribution in [0.2, 0.25) is 10.0 Å². The average molecular weight is 365 g/mol. The Morgan fingerprint density at radius 2 is 2.04 bits per heavy atom. The first kappa shape index (κ1) is 16.2. The maximum Gasteiger partial charge on any atom is 0.279 e. The van der Waals surface area contributed by atoms with Crippen LogP contribution in [0.3, 0.4) is 0 Å². The number of carbonyl (C=O) groups is 1. The van der Waals surface area contributed by atoms with Gasteiger partial charge in [-0.2, -0.15) is 4.99 Å². The first-order chi connectivity index (χ1) is 11.0. The van der Waals surface area contributed by atoms with Crippen LogP contribution in [0, 0.1) is 6.92 Å². The second kappa shape index (κ2) is 6.48. The minimum atomic E-state index is -0.260. The second-order valence-electron chi connectivity index (χ2n) is 5.15. The molecule has 0 saturated heterocycles. The molecule has 2 aromatic carbocycles. The SMILES string of the molecule is CCn1c(=NC(=O)c2cccc(C)c2)sc2cc(Cl)cc(Cl)c21. The van der Waals surface area contributed by atoms with Crippen molar-refractivity contribution in [3.63, 3.8) is 0 Å². The molecule has 23 heavy (non-hydrogen) atoms. The molecule has 0 fully saturated rings. The predicted molar refractivity (Wildman–Crippen MR) is 96.6 cm³/mol. The lowest BCUT2D eigenvalue weighted by Gasteiger charge is -2.03. The molecule has 1 heterocycles. The molecule has 118 valence electrons. The fourth-order valence-electron chi connectivity index (χ4n) is 2.44. The molecule has 0 aliphatic rings. The van der Waals surface area contributed by atoms with Gasteiger partial charge in [0.1, 0.15) is 0 Å². The Balaban J connectivity index is 2.19. The van der Waals surface area contributed by atoms with E-state index in [-0.39, 0.29) is 5.91 Å². The molecule has 0 saturated carbocycles. The standard InChI is InChI=1S/C17H14Cl2N2OS/c1-3-21-15-13(19)8-12(18)9-14(15)23-17(21)20-16(22)11-6-4-5-10(2)7-11/h4-9H,3H2,1-2H3. The van der Waals surface area contributed by atoms with Crippen LogP contribution in [0.15, 0.2) is 41.4 Å². The summed E-state index contributed by atoms with van der Waals surface area (Å²) in [6.07, 6.45) is 0. The molecule has 0 N–H and O–H groups in total. The molecule has 3 nitrogen and oxygen atoms in total. The molecule has 0 aliphatic heterocycles. The molecule has 3 rings (SSSR count).